The zero-order valence-corrected chi connectivity index (χ0v) is 10.4. The Balaban J connectivity index is 3.04. The van der Waals surface area contributed by atoms with Gasteiger partial charge in [-0.15, -0.1) is 0 Å². The van der Waals surface area contributed by atoms with E-state index >= 15 is 0 Å². The van der Waals surface area contributed by atoms with Crippen LogP contribution in [0.4, 0.5) is 5.69 Å². The number of hydrogen-bond donors (Lipinski definition) is 1. The van der Waals surface area contributed by atoms with Crippen molar-refractivity contribution in [1.29, 1.82) is 0 Å². The van der Waals surface area contributed by atoms with Crippen LogP contribution in [-0.2, 0) is 9.57 Å². The van der Waals surface area contributed by atoms with Crippen molar-refractivity contribution >= 4 is 17.7 Å². The Morgan fingerprint density at radius 1 is 1.47 bits per heavy atom. The van der Waals surface area contributed by atoms with Crippen molar-refractivity contribution in [2.45, 2.75) is 13.8 Å². The number of quaternary nitrogens is 1. The molecule has 0 amide bonds. The Hall–Kier alpha value is -1.65. The van der Waals surface area contributed by atoms with E-state index in [2.05, 4.69) is 0 Å². The molecule has 0 spiro atoms. The van der Waals surface area contributed by atoms with Gasteiger partial charge in [-0.3, -0.25) is 0 Å². The SMILES string of the molecule is C/C=C\c1ccc(C(=O)OCC)cc1[NH2+]OC. The van der Waals surface area contributed by atoms with Crippen LogP contribution >= 0.6 is 0 Å². The van der Waals surface area contributed by atoms with Crippen LogP contribution in [-0.4, -0.2) is 19.7 Å². The highest BCUT2D eigenvalue weighted by atomic mass is 16.6. The first kappa shape index (κ1) is 13.4. The molecule has 0 saturated carbocycles. The number of nitrogens with two attached hydrogens (primary N) is 1. The third-order valence-corrected chi connectivity index (χ3v) is 2.19. The summed E-state index contributed by atoms with van der Waals surface area (Å²) in [5.74, 6) is -0.315. The van der Waals surface area contributed by atoms with Gasteiger partial charge in [0.25, 0.3) is 0 Å². The summed E-state index contributed by atoms with van der Waals surface area (Å²) in [6.07, 6.45) is 3.89. The van der Waals surface area contributed by atoms with Gasteiger partial charge in [-0.2, -0.15) is 5.48 Å². The van der Waals surface area contributed by atoms with Crippen LogP contribution in [0.25, 0.3) is 6.08 Å². The lowest BCUT2D eigenvalue weighted by Crippen LogP contribution is -2.76. The van der Waals surface area contributed by atoms with E-state index in [0.717, 1.165) is 11.3 Å². The van der Waals surface area contributed by atoms with E-state index in [-0.39, 0.29) is 5.97 Å². The van der Waals surface area contributed by atoms with Crippen LogP contribution < -0.4 is 5.48 Å². The highest BCUT2D eigenvalue weighted by Gasteiger charge is 2.11. The summed E-state index contributed by atoms with van der Waals surface area (Å²) < 4.78 is 4.95. The molecular formula is C13H18NO3+. The summed E-state index contributed by atoms with van der Waals surface area (Å²) in [5.41, 5.74) is 4.00. The highest BCUT2D eigenvalue weighted by molar-refractivity contribution is 5.90. The van der Waals surface area contributed by atoms with Gasteiger partial charge in [-0.25, -0.2) is 9.63 Å². The van der Waals surface area contributed by atoms with Crippen molar-refractivity contribution in [2.24, 2.45) is 0 Å². The summed E-state index contributed by atoms with van der Waals surface area (Å²) in [6, 6.07) is 5.38. The zero-order valence-electron chi connectivity index (χ0n) is 10.4. The van der Waals surface area contributed by atoms with Gasteiger partial charge in [0.15, 0.2) is 5.69 Å². The van der Waals surface area contributed by atoms with E-state index in [1.165, 1.54) is 0 Å². The normalized spacial score (nSPS) is 10.8. The third kappa shape index (κ3) is 3.69. The van der Waals surface area contributed by atoms with Crippen LogP contribution in [0.2, 0.25) is 0 Å². The van der Waals surface area contributed by atoms with Crippen molar-refractivity contribution in [3.63, 3.8) is 0 Å². The lowest BCUT2D eigenvalue weighted by Gasteiger charge is -2.05. The number of allylic oxidation sites excluding steroid dienone is 1. The fourth-order valence-electron chi connectivity index (χ4n) is 1.48. The third-order valence-electron chi connectivity index (χ3n) is 2.19. The van der Waals surface area contributed by atoms with Gasteiger partial charge >= 0.3 is 5.97 Å². The van der Waals surface area contributed by atoms with Gasteiger partial charge in [-0.05, 0) is 26.0 Å². The largest absolute Gasteiger partial charge is 0.462 e. The van der Waals surface area contributed by atoms with Gasteiger partial charge in [0.2, 0.25) is 0 Å². The molecule has 0 aliphatic heterocycles. The number of ether oxygens (including phenoxy) is 1. The topological polar surface area (TPSA) is 52.1 Å². The molecule has 1 rings (SSSR count). The molecule has 92 valence electrons. The average Bonchev–Trinajstić information content (AvgIpc) is 2.32. The van der Waals surface area contributed by atoms with Gasteiger partial charge in [0, 0.05) is 11.6 Å². The van der Waals surface area contributed by atoms with Crippen LogP contribution in [0, 0.1) is 0 Å². The molecule has 0 heterocycles. The first-order valence-electron chi connectivity index (χ1n) is 5.52. The minimum Gasteiger partial charge on any atom is -0.462 e. The number of hydrogen-bond acceptors (Lipinski definition) is 3. The summed E-state index contributed by atoms with van der Waals surface area (Å²) in [5, 5.41) is 0. The summed E-state index contributed by atoms with van der Waals surface area (Å²) in [7, 11) is 1.58. The van der Waals surface area contributed by atoms with E-state index < -0.39 is 0 Å². The highest BCUT2D eigenvalue weighted by Crippen LogP contribution is 2.15. The van der Waals surface area contributed by atoms with Crippen LogP contribution in [0.15, 0.2) is 24.3 Å². The van der Waals surface area contributed by atoms with Crippen LogP contribution in [0.1, 0.15) is 29.8 Å². The number of esters is 1. The minimum atomic E-state index is -0.315. The summed E-state index contributed by atoms with van der Waals surface area (Å²) in [6.45, 7) is 4.10. The van der Waals surface area contributed by atoms with Gasteiger partial charge in [0.05, 0.1) is 19.3 Å². The summed E-state index contributed by atoms with van der Waals surface area (Å²) >= 11 is 0. The molecule has 4 heteroatoms. The fraction of sp³-hybridized carbons (Fsp3) is 0.308. The number of carbonyl (C=O) groups excluding carboxylic acids is 1. The quantitative estimate of drug-likeness (QED) is 0.480. The number of benzene rings is 1. The Bertz CT molecular complexity index is 413. The standard InChI is InChI=1S/C13H17NO3/c1-4-6-10-7-8-11(13(15)17-5-2)9-12(10)14-16-3/h4,6-9,14H,5H2,1-3H3/p+1/b6-4-. The Labute approximate surface area is 101 Å². The molecule has 0 radical (unpaired) electrons. The maximum atomic E-state index is 11.6. The first-order valence-corrected chi connectivity index (χ1v) is 5.52. The molecule has 1 aromatic rings. The van der Waals surface area contributed by atoms with Crippen molar-refractivity contribution in [3.8, 4) is 0 Å². The number of rotatable bonds is 5. The van der Waals surface area contributed by atoms with Crippen molar-refractivity contribution in [1.82, 2.24) is 0 Å². The maximum Gasteiger partial charge on any atom is 0.338 e. The predicted octanol–water partition coefficient (Wildman–Crippen LogP) is 1.65. The van der Waals surface area contributed by atoms with Gasteiger partial charge in [0.1, 0.15) is 0 Å². The predicted molar refractivity (Wildman–Crippen MR) is 65.7 cm³/mol. The monoisotopic (exact) mass is 236 g/mol. The molecule has 0 fully saturated rings. The average molecular weight is 236 g/mol. The fourth-order valence-corrected chi connectivity index (χ4v) is 1.48. The van der Waals surface area contributed by atoms with E-state index in [4.69, 9.17) is 9.57 Å². The van der Waals surface area contributed by atoms with Crippen LogP contribution in [0.5, 0.6) is 0 Å². The molecule has 0 aliphatic rings. The molecule has 0 aliphatic carbocycles. The minimum absolute atomic E-state index is 0.315. The smallest absolute Gasteiger partial charge is 0.338 e. The second-order valence-electron chi connectivity index (χ2n) is 3.42. The lowest BCUT2D eigenvalue weighted by molar-refractivity contribution is -0.830. The molecule has 4 nitrogen and oxygen atoms in total. The van der Waals surface area contributed by atoms with E-state index in [9.17, 15) is 4.79 Å². The molecule has 0 saturated heterocycles. The summed E-state index contributed by atoms with van der Waals surface area (Å²) in [4.78, 5) is 16.6. The van der Waals surface area contributed by atoms with E-state index in [0.29, 0.717) is 12.2 Å². The molecule has 0 bridgehead atoms. The van der Waals surface area contributed by atoms with Crippen LogP contribution in [0.3, 0.4) is 0 Å². The first-order chi connectivity index (χ1) is 8.22. The van der Waals surface area contributed by atoms with E-state index in [1.54, 1.807) is 31.6 Å². The van der Waals surface area contributed by atoms with Gasteiger partial charge in [-0.1, -0.05) is 12.2 Å². The molecule has 1 aromatic carbocycles. The zero-order chi connectivity index (χ0) is 12.7. The molecule has 0 unspecified atom stereocenters. The molecular weight excluding hydrogens is 218 g/mol. The molecule has 2 N–H and O–H groups in total. The number of carbonyl (C=O) groups is 1. The molecule has 17 heavy (non-hydrogen) atoms. The maximum absolute atomic E-state index is 11.6. The van der Waals surface area contributed by atoms with Crippen molar-refractivity contribution in [2.75, 3.05) is 13.7 Å². The van der Waals surface area contributed by atoms with Crippen molar-refractivity contribution < 1.29 is 19.8 Å². The Morgan fingerprint density at radius 2 is 2.24 bits per heavy atom. The second kappa shape index (κ2) is 6.83. The molecule has 0 atom stereocenters. The lowest BCUT2D eigenvalue weighted by atomic mass is 10.1. The Morgan fingerprint density at radius 3 is 2.82 bits per heavy atom. The second-order valence-corrected chi connectivity index (χ2v) is 3.42. The van der Waals surface area contributed by atoms with E-state index in [1.807, 2.05) is 25.1 Å². The van der Waals surface area contributed by atoms with Gasteiger partial charge < -0.3 is 4.74 Å². The Kier molecular flexibility index (Phi) is 5.39. The molecule has 0 aromatic heterocycles. The van der Waals surface area contributed by atoms with Crippen molar-refractivity contribution in [3.05, 3.63) is 35.4 Å².